The van der Waals surface area contributed by atoms with Gasteiger partial charge in [-0.15, -0.1) is 0 Å². The van der Waals surface area contributed by atoms with Crippen molar-refractivity contribution in [1.82, 2.24) is 0 Å². The zero-order valence-electron chi connectivity index (χ0n) is 34.8. The second-order valence-electron chi connectivity index (χ2n) is 19.8. The summed E-state index contributed by atoms with van der Waals surface area (Å²) in [6.45, 7) is 19.9. The molecule has 1 aliphatic heterocycles. The summed E-state index contributed by atoms with van der Waals surface area (Å²) >= 11 is 0. The highest BCUT2D eigenvalue weighted by molar-refractivity contribution is 5.77. The molecule has 0 amide bonds. The summed E-state index contributed by atoms with van der Waals surface area (Å²) in [7, 11) is 1.17. The molecule has 0 unspecified atom stereocenters. The lowest BCUT2D eigenvalue weighted by Gasteiger charge is -2.71. The summed E-state index contributed by atoms with van der Waals surface area (Å²) in [5.41, 5.74) is 0.193. The summed E-state index contributed by atoms with van der Waals surface area (Å²) in [6, 6.07) is 0. The van der Waals surface area contributed by atoms with Crippen LogP contribution in [-0.4, -0.2) is 78.9 Å². The van der Waals surface area contributed by atoms with Gasteiger partial charge in [0, 0.05) is 20.8 Å². The first-order chi connectivity index (χ1) is 25.5. The molecule has 55 heavy (non-hydrogen) atoms. The second kappa shape index (κ2) is 14.1. The predicted molar refractivity (Wildman–Crippen MR) is 199 cm³/mol. The lowest BCUT2D eigenvalue weighted by atomic mass is 9.33. The highest BCUT2D eigenvalue weighted by Crippen LogP contribution is 2.76. The van der Waals surface area contributed by atoms with E-state index in [9.17, 15) is 29.1 Å². The maximum absolute atomic E-state index is 13.1. The van der Waals surface area contributed by atoms with E-state index in [0.717, 1.165) is 58.3 Å². The molecule has 1 N–H and O–H groups in total. The average molecular weight is 773 g/mol. The maximum atomic E-state index is 13.1. The lowest BCUT2D eigenvalue weighted by Crippen LogP contribution is -2.67. The Kier molecular flexibility index (Phi) is 10.7. The largest absolute Gasteiger partial charge is 0.481 e. The highest BCUT2D eigenvalue weighted by Gasteiger charge is 2.70. The number of aliphatic carboxylic acids is 1. The van der Waals surface area contributed by atoms with Gasteiger partial charge in [-0.3, -0.25) is 19.2 Å². The number of rotatable bonds is 7. The first kappa shape index (κ1) is 41.6. The van der Waals surface area contributed by atoms with Gasteiger partial charge < -0.3 is 33.5 Å². The third kappa shape index (κ3) is 6.62. The van der Waals surface area contributed by atoms with Crippen molar-refractivity contribution in [2.75, 3.05) is 7.11 Å². The molecular formula is C43H64O12. The molecule has 0 spiro atoms. The van der Waals surface area contributed by atoms with Crippen molar-refractivity contribution in [3.8, 4) is 0 Å². The Morgan fingerprint density at radius 3 is 1.95 bits per heavy atom. The molecule has 5 fully saturated rings. The van der Waals surface area contributed by atoms with Crippen LogP contribution in [0.1, 0.15) is 133 Å². The lowest BCUT2D eigenvalue weighted by molar-refractivity contribution is -0.327. The fourth-order valence-electron chi connectivity index (χ4n) is 13.2. The normalized spacial score (nSPS) is 44.1. The predicted octanol–water partition coefficient (Wildman–Crippen LogP) is 6.95. The number of carbonyl (C=O) groups is 5. The van der Waals surface area contributed by atoms with Gasteiger partial charge in [-0.2, -0.15) is 0 Å². The number of hydrogen-bond acceptors (Lipinski definition) is 11. The molecule has 0 aromatic rings. The molecule has 0 aromatic heterocycles. The summed E-state index contributed by atoms with van der Waals surface area (Å²) < 4.78 is 34.8. The van der Waals surface area contributed by atoms with Crippen LogP contribution in [-0.2, 0) is 52.4 Å². The van der Waals surface area contributed by atoms with Crippen molar-refractivity contribution >= 4 is 29.8 Å². The standard InChI is InChI=1S/C43H64O12/c1-23(44)51-31-32(52-24(2)45)34(53-25(3)46)36(55-33(31)35(47)50-11)54-30-15-16-40(8)28(39(30,6)7)14-17-42(10)29(40)13-12-26-27-22-38(4,5)18-20-43(27,37(48)49)21-19-41(26,42)9/h12,27-34,36H,13-22H2,1-11H3,(H,48,49)/t27-,28-,29+,30-,31-,32-,33-,34+,36+,40-,41+,42+,43-/m0/s1. The molecule has 308 valence electrons. The van der Waals surface area contributed by atoms with Gasteiger partial charge in [-0.25, -0.2) is 4.79 Å². The molecule has 6 aliphatic rings. The van der Waals surface area contributed by atoms with Crippen LogP contribution in [0.5, 0.6) is 0 Å². The minimum absolute atomic E-state index is 0.0258. The summed E-state index contributed by atoms with van der Waals surface area (Å²) in [5.74, 6) is -3.04. The van der Waals surface area contributed by atoms with E-state index in [1.807, 2.05) is 0 Å². The first-order valence-electron chi connectivity index (χ1n) is 20.3. The van der Waals surface area contributed by atoms with Crippen molar-refractivity contribution in [2.45, 2.75) is 170 Å². The second-order valence-corrected chi connectivity index (χ2v) is 19.8. The third-order valence-corrected chi connectivity index (χ3v) is 16.1. The van der Waals surface area contributed by atoms with E-state index in [-0.39, 0.29) is 33.5 Å². The van der Waals surface area contributed by atoms with Crippen LogP contribution in [0.3, 0.4) is 0 Å². The van der Waals surface area contributed by atoms with Gasteiger partial charge in [0.25, 0.3) is 0 Å². The smallest absolute Gasteiger partial charge is 0.339 e. The van der Waals surface area contributed by atoms with Crippen molar-refractivity contribution in [1.29, 1.82) is 0 Å². The molecule has 12 nitrogen and oxygen atoms in total. The third-order valence-electron chi connectivity index (χ3n) is 16.1. The van der Waals surface area contributed by atoms with E-state index >= 15 is 0 Å². The zero-order chi connectivity index (χ0) is 40.7. The van der Waals surface area contributed by atoms with Crippen molar-refractivity contribution in [2.24, 2.45) is 50.2 Å². The van der Waals surface area contributed by atoms with Gasteiger partial charge in [0.05, 0.1) is 18.6 Å². The van der Waals surface area contributed by atoms with Gasteiger partial charge in [0.15, 0.2) is 30.7 Å². The van der Waals surface area contributed by atoms with Crippen molar-refractivity contribution in [3.05, 3.63) is 11.6 Å². The molecule has 1 heterocycles. The summed E-state index contributed by atoms with van der Waals surface area (Å²) in [5, 5.41) is 10.7. The first-order valence-corrected chi connectivity index (χ1v) is 20.3. The molecule has 13 atom stereocenters. The summed E-state index contributed by atoms with van der Waals surface area (Å²) in [6.07, 6.45) is 3.53. The van der Waals surface area contributed by atoms with E-state index in [2.05, 4.69) is 54.5 Å². The van der Waals surface area contributed by atoms with Crippen LogP contribution in [0.2, 0.25) is 0 Å². The van der Waals surface area contributed by atoms with Gasteiger partial charge in [0.1, 0.15) is 0 Å². The average Bonchev–Trinajstić information content (AvgIpc) is 3.07. The zero-order valence-corrected chi connectivity index (χ0v) is 34.8. The van der Waals surface area contributed by atoms with Crippen LogP contribution >= 0.6 is 0 Å². The maximum Gasteiger partial charge on any atom is 0.339 e. The number of esters is 4. The molecule has 5 aliphatic carbocycles. The fraction of sp³-hybridized carbons (Fsp3) is 0.837. The van der Waals surface area contributed by atoms with Crippen LogP contribution in [0.4, 0.5) is 0 Å². The summed E-state index contributed by atoms with van der Waals surface area (Å²) in [4.78, 5) is 63.2. The Labute approximate surface area is 326 Å². The van der Waals surface area contributed by atoms with Crippen molar-refractivity contribution in [3.63, 3.8) is 0 Å². The minimum Gasteiger partial charge on any atom is -0.481 e. The number of carboxylic acids is 1. The van der Waals surface area contributed by atoms with Gasteiger partial charge in [-0.1, -0.05) is 60.1 Å². The highest BCUT2D eigenvalue weighted by atomic mass is 16.7. The van der Waals surface area contributed by atoms with E-state index < -0.39 is 77.5 Å². The van der Waals surface area contributed by atoms with Crippen LogP contribution in [0.25, 0.3) is 0 Å². The van der Waals surface area contributed by atoms with E-state index in [1.54, 1.807) is 0 Å². The van der Waals surface area contributed by atoms with Crippen LogP contribution < -0.4 is 0 Å². The molecule has 0 radical (unpaired) electrons. The Morgan fingerprint density at radius 2 is 1.35 bits per heavy atom. The Hall–Kier alpha value is -2.99. The molecule has 12 heteroatoms. The van der Waals surface area contributed by atoms with E-state index in [0.29, 0.717) is 18.8 Å². The Balaban J connectivity index is 1.31. The number of ether oxygens (including phenoxy) is 6. The Bertz CT molecular complexity index is 1620. The van der Waals surface area contributed by atoms with Gasteiger partial charge in [-0.05, 0) is 109 Å². The number of carboxylic acid groups (broad SMARTS) is 1. The quantitative estimate of drug-likeness (QED) is 0.123. The Morgan fingerprint density at radius 1 is 0.745 bits per heavy atom. The molecule has 1 saturated heterocycles. The molecule has 0 bridgehead atoms. The van der Waals surface area contributed by atoms with Crippen LogP contribution in [0.15, 0.2) is 11.6 Å². The fourth-order valence-corrected chi connectivity index (χ4v) is 13.2. The molecule has 6 rings (SSSR count). The topological polar surface area (TPSA) is 161 Å². The van der Waals surface area contributed by atoms with E-state index in [1.165, 1.54) is 26.5 Å². The minimum atomic E-state index is -1.52. The van der Waals surface area contributed by atoms with E-state index in [4.69, 9.17) is 28.4 Å². The monoisotopic (exact) mass is 772 g/mol. The van der Waals surface area contributed by atoms with Gasteiger partial charge in [0.2, 0.25) is 0 Å². The number of methoxy groups -OCH3 is 1. The molecular weight excluding hydrogens is 708 g/mol. The number of fused-ring (bicyclic) bond motifs is 7. The molecule has 0 aromatic carbocycles. The molecule has 4 saturated carbocycles. The van der Waals surface area contributed by atoms with Crippen LogP contribution in [0, 0.1) is 50.2 Å². The number of hydrogen-bond donors (Lipinski definition) is 1. The number of carbonyl (C=O) groups excluding carboxylic acids is 4. The SMILES string of the molecule is COC(=O)[C@H]1O[C@@H](O[C@H]2CC[C@]3(C)[C@H]4CC=C5[C@@H]6CC(C)(C)CC[C@]6(C(=O)O)CC[C@@]5(C)[C@]4(C)CC[C@H]3C2(C)C)[C@H](OC(C)=O)[C@@H](OC(C)=O)[C@@H]1OC(C)=O. The number of allylic oxidation sites excluding steroid dienone is 2. The van der Waals surface area contributed by atoms with Crippen molar-refractivity contribution < 1.29 is 57.5 Å². The van der Waals surface area contributed by atoms with Gasteiger partial charge >= 0.3 is 29.8 Å².